The van der Waals surface area contributed by atoms with E-state index in [1.165, 1.54) is 6.08 Å². The van der Waals surface area contributed by atoms with E-state index in [4.69, 9.17) is 0 Å². The summed E-state index contributed by atoms with van der Waals surface area (Å²) in [5.41, 5.74) is 1.07. The second-order valence-electron chi connectivity index (χ2n) is 1.68. The molecule has 0 heterocycles. The van der Waals surface area contributed by atoms with Crippen LogP contribution in [0.4, 0.5) is 0 Å². The van der Waals surface area contributed by atoms with Gasteiger partial charge in [0.05, 0.1) is 0 Å². The van der Waals surface area contributed by atoms with Gasteiger partial charge in [0.15, 0.2) is 0 Å². The van der Waals surface area contributed by atoms with Crippen molar-refractivity contribution in [2.24, 2.45) is 0 Å². The van der Waals surface area contributed by atoms with E-state index in [-0.39, 0.29) is 5.12 Å². The first-order valence-corrected chi connectivity index (χ1v) is 3.01. The van der Waals surface area contributed by atoms with E-state index in [2.05, 4.69) is 12.6 Å². The zero-order valence-electron chi connectivity index (χ0n) is 5.14. The molecular formula is C6H10OS. The minimum Gasteiger partial charge on any atom is -0.283 e. The maximum absolute atomic E-state index is 10.2. The molecule has 0 aromatic rings. The molecule has 2 heteroatoms. The summed E-state index contributed by atoms with van der Waals surface area (Å²) in [4.78, 5) is 10.2. The van der Waals surface area contributed by atoms with Crippen LogP contribution in [0.5, 0.6) is 0 Å². The fourth-order valence-electron chi connectivity index (χ4n) is 0.313. The molecule has 0 aromatic heterocycles. The molecular weight excluding hydrogens is 120 g/mol. The van der Waals surface area contributed by atoms with Crippen LogP contribution in [0.3, 0.4) is 0 Å². The van der Waals surface area contributed by atoms with E-state index < -0.39 is 0 Å². The number of rotatable bonds is 2. The van der Waals surface area contributed by atoms with Crippen molar-refractivity contribution in [2.45, 2.75) is 20.3 Å². The van der Waals surface area contributed by atoms with Crippen molar-refractivity contribution in [3.05, 3.63) is 11.6 Å². The maximum atomic E-state index is 10.2. The smallest absolute Gasteiger partial charge is 0.209 e. The van der Waals surface area contributed by atoms with E-state index in [1.54, 1.807) is 0 Å². The molecule has 0 fully saturated rings. The third-order valence-electron chi connectivity index (χ3n) is 0.928. The Balaban J connectivity index is 3.75. The van der Waals surface area contributed by atoms with Crippen LogP contribution in [0.2, 0.25) is 0 Å². The van der Waals surface area contributed by atoms with Crippen LogP contribution in [0.25, 0.3) is 0 Å². The largest absolute Gasteiger partial charge is 0.283 e. The number of hydrogen-bond acceptors (Lipinski definition) is 1. The molecule has 0 bridgehead atoms. The number of allylic oxidation sites excluding steroid dienone is 1. The maximum Gasteiger partial charge on any atom is 0.209 e. The van der Waals surface area contributed by atoms with Gasteiger partial charge >= 0.3 is 0 Å². The number of thiol groups is 1. The summed E-state index contributed by atoms with van der Waals surface area (Å²) in [6, 6.07) is 0. The Bertz CT molecular complexity index is 116. The van der Waals surface area contributed by atoms with Crippen molar-refractivity contribution in [3.8, 4) is 0 Å². The molecule has 1 nitrogen and oxygen atoms in total. The molecule has 0 N–H and O–H groups in total. The molecule has 0 aliphatic carbocycles. The Morgan fingerprint density at radius 1 is 1.75 bits per heavy atom. The molecule has 0 saturated carbocycles. The van der Waals surface area contributed by atoms with E-state index in [9.17, 15) is 4.79 Å². The average Bonchev–Trinajstić information content (AvgIpc) is 1.65. The first-order valence-electron chi connectivity index (χ1n) is 2.57. The van der Waals surface area contributed by atoms with Gasteiger partial charge in [0.25, 0.3) is 0 Å². The standard InChI is InChI=1S/C6H10OS/c1-3-5(2)4-6(7)8/h4H,3H2,1-2H3,(H,7,8). The number of carbonyl (C=O) groups is 1. The van der Waals surface area contributed by atoms with E-state index in [1.807, 2.05) is 13.8 Å². The highest BCUT2D eigenvalue weighted by Crippen LogP contribution is 1.98. The van der Waals surface area contributed by atoms with Gasteiger partial charge in [-0.05, 0) is 19.4 Å². The normalized spacial score (nSPS) is 11.6. The summed E-state index contributed by atoms with van der Waals surface area (Å²) in [6.07, 6.45) is 2.45. The third kappa shape index (κ3) is 3.93. The lowest BCUT2D eigenvalue weighted by Gasteiger charge is -1.87. The van der Waals surface area contributed by atoms with Crippen molar-refractivity contribution in [1.82, 2.24) is 0 Å². The second kappa shape index (κ2) is 3.72. The predicted molar refractivity (Wildman–Crippen MR) is 38.0 cm³/mol. The molecule has 0 radical (unpaired) electrons. The van der Waals surface area contributed by atoms with Gasteiger partial charge in [0.1, 0.15) is 0 Å². The van der Waals surface area contributed by atoms with E-state index in [0.717, 1.165) is 12.0 Å². The first kappa shape index (κ1) is 7.76. The summed E-state index contributed by atoms with van der Waals surface area (Å²) in [7, 11) is 0. The summed E-state index contributed by atoms with van der Waals surface area (Å²) in [5, 5.41) is -0.163. The van der Waals surface area contributed by atoms with Gasteiger partial charge in [-0.2, -0.15) is 0 Å². The molecule has 0 amide bonds. The minimum atomic E-state index is -0.163. The van der Waals surface area contributed by atoms with Crippen molar-refractivity contribution >= 4 is 17.7 Å². The lowest BCUT2D eigenvalue weighted by atomic mass is 10.2. The highest BCUT2D eigenvalue weighted by Gasteiger charge is 1.86. The van der Waals surface area contributed by atoms with Crippen molar-refractivity contribution in [1.29, 1.82) is 0 Å². The number of carbonyl (C=O) groups excluding carboxylic acids is 1. The second-order valence-corrected chi connectivity index (χ2v) is 2.12. The molecule has 0 atom stereocenters. The summed E-state index contributed by atoms with van der Waals surface area (Å²) < 4.78 is 0. The Kier molecular flexibility index (Phi) is 3.61. The van der Waals surface area contributed by atoms with Crippen LogP contribution in [-0.2, 0) is 4.79 Å². The van der Waals surface area contributed by atoms with Crippen LogP contribution >= 0.6 is 12.6 Å². The zero-order chi connectivity index (χ0) is 6.57. The van der Waals surface area contributed by atoms with Gasteiger partial charge in [0.2, 0.25) is 5.12 Å². The van der Waals surface area contributed by atoms with E-state index in [0.29, 0.717) is 0 Å². The lowest BCUT2D eigenvalue weighted by Crippen LogP contribution is -1.79. The Morgan fingerprint density at radius 3 is 2.38 bits per heavy atom. The van der Waals surface area contributed by atoms with Gasteiger partial charge in [-0.3, -0.25) is 4.79 Å². The van der Waals surface area contributed by atoms with Crippen LogP contribution < -0.4 is 0 Å². The molecule has 0 aliphatic heterocycles. The van der Waals surface area contributed by atoms with Crippen LogP contribution in [-0.4, -0.2) is 5.12 Å². The molecule has 0 saturated heterocycles. The summed E-state index contributed by atoms with van der Waals surface area (Å²) in [5.74, 6) is 0. The fourth-order valence-corrected chi connectivity index (χ4v) is 0.533. The highest BCUT2D eigenvalue weighted by atomic mass is 32.1. The summed E-state index contributed by atoms with van der Waals surface area (Å²) in [6.45, 7) is 3.91. The van der Waals surface area contributed by atoms with E-state index >= 15 is 0 Å². The van der Waals surface area contributed by atoms with Gasteiger partial charge in [-0.1, -0.05) is 12.5 Å². The Labute approximate surface area is 55.2 Å². The molecule has 46 valence electrons. The number of hydrogen-bond donors (Lipinski definition) is 1. The lowest BCUT2D eigenvalue weighted by molar-refractivity contribution is -0.106. The molecule has 0 unspecified atom stereocenters. The predicted octanol–water partition coefficient (Wildman–Crippen LogP) is 1.80. The van der Waals surface area contributed by atoms with Crippen LogP contribution in [0.15, 0.2) is 11.6 Å². The minimum absolute atomic E-state index is 0.163. The van der Waals surface area contributed by atoms with Gasteiger partial charge in [-0.25, -0.2) is 0 Å². The molecule has 0 aliphatic rings. The zero-order valence-corrected chi connectivity index (χ0v) is 6.03. The van der Waals surface area contributed by atoms with Crippen LogP contribution in [0, 0.1) is 0 Å². The topological polar surface area (TPSA) is 17.1 Å². The molecule has 0 spiro atoms. The van der Waals surface area contributed by atoms with Crippen molar-refractivity contribution in [3.63, 3.8) is 0 Å². The van der Waals surface area contributed by atoms with Crippen LogP contribution in [0.1, 0.15) is 20.3 Å². The Hall–Kier alpha value is -0.240. The van der Waals surface area contributed by atoms with Gasteiger partial charge < -0.3 is 0 Å². The van der Waals surface area contributed by atoms with Crippen molar-refractivity contribution in [2.75, 3.05) is 0 Å². The summed E-state index contributed by atoms with van der Waals surface area (Å²) >= 11 is 3.58. The third-order valence-corrected chi connectivity index (χ3v) is 1.06. The Morgan fingerprint density at radius 2 is 2.25 bits per heavy atom. The van der Waals surface area contributed by atoms with Gasteiger partial charge in [0, 0.05) is 0 Å². The first-order chi connectivity index (χ1) is 3.66. The molecule has 0 aromatic carbocycles. The molecule has 0 rings (SSSR count). The SMILES string of the molecule is CCC(C)=CC(=O)S. The monoisotopic (exact) mass is 130 g/mol. The molecule has 8 heavy (non-hydrogen) atoms. The average molecular weight is 130 g/mol. The quantitative estimate of drug-likeness (QED) is 0.445. The highest BCUT2D eigenvalue weighted by molar-refractivity contribution is 7.97. The fraction of sp³-hybridized carbons (Fsp3) is 0.500. The van der Waals surface area contributed by atoms with Gasteiger partial charge in [-0.15, -0.1) is 12.6 Å². The van der Waals surface area contributed by atoms with Crippen molar-refractivity contribution < 1.29 is 4.79 Å².